The number of carbonyl (C=O) groups is 3. The summed E-state index contributed by atoms with van der Waals surface area (Å²) < 4.78 is 0. The van der Waals surface area contributed by atoms with Crippen molar-refractivity contribution < 1.29 is 14.4 Å². The van der Waals surface area contributed by atoms with E-state index in [1.165, 1.54) is 18.4 Å². The van der Waals surface area contributed by atoms with Crippen LogP contribution in [0.15, 0.2) is 60.7 Å². The van der Waals surface area contributed by atoms with Crippen LogP contribution in [0, 0.1) is 0 Å². The number of aryl methyl sites for hydroxylation is 1. The topological polar surface area (TPSA) is 128 Å². The molecule has 1 aromatic heterocycles. The molecule has 244 valence electrons. The number of nitrogens with one attached hydrogen (secondary N) is 4. The highest BCUT2D eigenvalue weighted by Gasteiger charge is 2.28. The van der Waals surface area contributed by atoms with E-state index in [1.807, 2.05) is 50.5 Å². The van der Waals surface area contributed by atoms with Crippen LogP contribution >= 0.6 is 0 Å². The summed E-state index contributed by atoms with van der Waals surface area (Å²) in [5.74, 6) is 1.15. The molecule has 2 aliphatic carbocycles. The molecule has 1 fully saturated rings. The van der Waals surface area contributed by atoms with Crippen LogP contribution in [0.4, 0.5) is 11.8 Å². The highest BCUT2D eigenvalue weighted by Crippen LogP contribution is 2.29. The number of benzene rings is 2. The third-order valence-electron chi connectivity index (χ3n) is 8.89. The fourth-order valence-electron chi connectivity index (χ4n) is 6.34. The minimum atomic E-state index is -0.665. The maximum Gasteiger partial charge on any atom is 0.251 e. The molecule has 10 nitrogen and oxygen atoms in total. The van der Waals surface area contributed by atoms with E-state index in [0.717, 1.165) is 50.0 Å². The van der Waals surface area contributed by atoms with Gasteiger partial charge in [-0.05, 0) is 94.9 Å². The summed E-state index contributed by atoms with van der Waals surface area (Å²) in [7, 11) is 4.07. The number of nitrogens with zero attached hydrogens (tertiary/aromatic N) is 3. The van der Waals surface area contributed by atoms with Gasteiger partial charge in [-0.2, -0.15) is 4.98 Å². The molecule has 0 bridgehead atoms. The number of unbranched alkanes of at least 4 members (excludes halogenated alkanes) is 1. The Morgan fingerprint density at radius 3 is 2.11 bits per heavy atom. The summed E-state index contributed by atoms with van der Waals surface area (Å²) in [6.45, 7) is 0.496. The zero-order chi connectivity index (χ0) is 32.3. The lowest BCUT2D eigenvalue weighted by Gasteiger charge is -2.31. The first-order valence-corrected chi connectivity index (χ1v) is 16.7. The third-order valence-corrected chi connectivity index (χ3v) is 8.89. The smallest absolute Gasteiger partial charge is 0.251 e. The fraction of sp³-hybridized carbons (Fsp3) is 0.472. The molecule has 3 amide bonds. The molecule has 1 atom stereocenters. The summed E-state index contributed by atoms with van der Waals surface area (Å²) in [5.41, 5.74) is 3.58. The molecule has 0 unspecified atom stereocenters. The van der Waals surface area contributed by atoms with Crippen molar-refractivity contribution >= 4 is 29.5 Å². The van der Waals surface area contributed by atoms with E-state index in [-0.39, 0.29) is 29.8 Å². The van der Waals surface area contributed by atoms with Crippen molar-refractivity contribution in [2.45, 2.75) is 88.8 Å². The average Bonchev–Trinajstić information content (AvgIpc) is 3.08. The molecule has 5 rings (SSSR count). The van der Waals surface area contributed by atoms with Crippen molar-refractivity contribution in [2.75, 3.05) is 30.9 Å². The molecule has 3 aromatic rings. The number of rotatable bonds is 13. The third kappa shape index (κ3) is 9.05. The normalized spacial score (nSPS) is 18.0. The van der Waals surface area contributed by atoms with Crippen molar-refractivity contribution in [3.8, 4) is 0 Å². The Morgan fingerprint density at radius 1 is 0.804 bits per heavy atom. The Morgan fingerprint density at radius 2 is 1.43 bits per heavy atom. The van der Waals surface area contributed by atoms with Crippen LogP contribution in [0.2, 0.25) is 0 Å². The van der Waals surface area contributed by atoms with Gasteiger partial charge in [0.05, 0.1) is 5.69 Å². The quantitative estimate of drug-likeness (QED) is 0.204. The number of fused-ring (bicyclic) bond motifs is 1. The number of hydrogen-bond donors (Lipinski definition) is 4. The van der Waals surface area contributed by atoms with Crippen molar-refractivity contribution in [2.24, 2.45) is 0 Å². The first-order valence-electron chi connectivity index (χ1n) is 16.7. The highest BCUT2D eigenvalue weighted by atomic mass is 16.2. The number of aromatic nitrogens is 2. The van der Waals surface area contributed by atoms with Crippen LogP contribution < -0.4 is 26.2 Å². The van der Waals surface area contributed by atoms with Gasteiger partial charge in [0.25, 0.3) is 11.8 Å². The summed E-state index contributed by atoms with van der Waals surface area (Å²) in [4.78, 5) is 50.7. The van der Waals surface area contributed by atoms with E-state index in [4.69, 9.17) is 9.97 Å². The zero-order valence-corrected chi connectivity index (χ0v) is 27.1. The maximum absolute atomic E-state index is 13.5. The predicted octanol–water partition coefficient (Wildman–Crippen LogP) is 4.66. The molecular weight excluding hydrogens is 578 g/mol. The molecular formula is C36H47N7O3. The van der Waals surface area contributed by atoms with Crippen LogP contribution in [-0.2, 0) is 17.6 Å². The molecule has 1 saturated carbocycles. The van der Waals surface area contributed by atoms with Gasteiger partial charge >= 0.3 is 0 Å². The van der Waals surface area contributed by atoms with Crippen molar-refractivity contribution in [3.05, 3.63) is 83.0 Å². The summed E-state index contributed by atoms with van der Waals surface area (Å²) >= 11 is 0. The molecule has 46 heavy (non-hydrogen) atoms. The van der Waals surface area contributed by atoms with Crippen LogP contribution in [0.3, 0.4) is 0 Å². The molecule has 0 aliphatic heterocycles. The predicted molar refractivity (Wildman–Crippen MR) is 181 cm³/mol. The molecule has 0 radical (unpaired) electrons. The molecule has 1 heterocycles. The van der Waals surface area contributed by atoms with E-state index >= 15 is 0 Å². The van der Waals surface area contributed by atoms with E-state index in [2.05, 4.69) is 26.2 Å². The first kappa shape index (κ1) is 32.9. The second-order valence-corrected chi connectivity index (χ2v) is 12.6. The number of anilines is 2. The van der Waals surface area contributed by atoms with Gasteiger partial charge in [0.2, 0.25) is 11.9 Å². The van der Waals surface area contributed by atoms with Crippen molar-refractivity contribution in [3.63, 3.8) is 0 Å². The Labute approximate surface area is 272 Å². The van der Waals surface area contributed by atoms with Crippen LogP contribution in [0.25, 0.3) is 0 Å². The number of amides is 3. The van der Waals surface area contributed by atoms with Crippen LogP contribution in [0.5, 0.6) is 0 Å². The van der Waals surface area contributed by atoms with E-state index < -0.39 is 6.04 Å². The monoisotopic (exact) mass is 625 g/mol. The SMILES string of the molecule is CN(C)c1nc(NC2CCC(NC(=O)[C@H](CCCCNC(=O)c3ccccc3)NC(=O)c3ccccc3)CC2)nc2c1CCCC2. The zero-order valence-electron chi connectivity index (χ0n) is 27.1. The van der Waals surface area contributed by atoms with E-state index in [9.17, 15) is 14.4 Å². The minimum absolute atomic E-state index is 0.0358. The van der Waals surface area contributed by atoms with E-state index in [1.54, 1.807) is 24.3 Å². The van der Waals surface area contributed by atoms with Gasteiger partial charge in [-0.25, -0.2) is 4.98 Å². The largest absolute Gasteiger partial charge is 0.362 e. The van der Waals surface area contributed by atoms with Gasteiger partial charge in [-0.1, -0.05) is 36.4 Å². The molecule has 0 spiro atoms. The summed E-state index contributed by atoms with van der Waals surface area (Å²) in [6, 6.07) is 17.7. The van der Waals surface area contributed by atoms with Gasteiger partial charge in [-0.15, -0.1) is 0 Å². The minimum Gasteiger partial charge on any atom is -0.362 e. The number of carbonyl (C=O) groups excluding carboxylic acids is 3. The van der Waals surface area contributed by atoms with E-state index in [0.29, 0.717) is 42.9 Å². The van der Waals surface area contributed by atoms with Gasteiger partial charge < -0.3 is 26.2 Å². The molecule has 2 aliphatic rings. The van der Waals surface area contributed by atoms with Crippen LogP contribution in [-0.4, -0.2) is 66.5 Å². The summed E-state index contributed by atoms with van der Waals surface area (Å²) in [6.07, 6.45) is 9.68. The average molecular weight is 626 g/mol. The molecule has 0 saturated heterocycles. The first-order chi connectivity index (χ1) is 22.4. The standard InChI is InChI=1S/C36H47N7O3/c1-43(2)32-29-17-9-10-18-30(29)41-36(42-32)39-28-22-20-27(21-23-28)38-35(46)31(40-34(45)26-15-7-4-8-16-26)19-11-12-24-37-33(44)25-13-5-3-6-14-25/h3-8,13-16,27-28,31H,9-12,17-24H2,1-2H3,(H,37,44)(H,38,46)(H,40,45)(H,39,41,42)/t27?,28?,31-/m0/s1. The van der Waals surface area contributed by atoms with Crippen molar-refractivity contribution in [1.29, 1.82) is 0 Å². The Hall–Kier alpha value is -4.47. The maximum atomic E-state index is 13.5. The Bertz CT molecular complexity index is 1460. The molecule has 2 aromatic carbocycles. The lowest BCUT2D eigenvalue weighted by Crippen LogP contribution is -2.50. The Balaban J connectivity index is 1.12. The van der Waals surface area contributed by atoms with Gasteiger partial charge in [0.1, 0.15) is 11.9 Å². The van der Waals surface area contributed by atoms with Gasteiger partial charge in [-0.3, -0.25) is 14.4 Å². The number of hydrogen-bond acceptors (Lipinski definition) is 7. The second-order valence-electron chi connectivity index (χ2n) is 12.6. The second kappa shape index (κ2) is 16.2. The molecule has 10 heteroatoms. The lowest BCUT2D eigenvalue weighted by molar-refractivity contribution is -0.124. The lowest BCUT2D eigenvalue weighted by atomic mass is 9.91. The van der Waals surface area contributed by atoms with Gasteiger partial charge in [0.15, 0.2) is 0 Å². The van der Waals surface area contributed by atoms with Gasteiger partial charge in [0, 0.05) is 49.4 Å². The summed E-state index contributed by atoms with van der Waals surface area (Å²) in [5, 5.41) is 12.7. The van der Waals surface area contributed by atoms with Crippen LogP contribution in [0.1, 0.15) is 89.8 Å². The van der Waals surface area contributed by atoms with Crippen molar-refractivity contribution in [1.82, 2.24) is 25.9 Å². The molecule has 4 N–H and O–H groups in total. The highest BCUT2D eigenvalue weighted by molar-refractivity contribution is 5.97. The Kier molecular flexibility index (Phi) is 11.6. The fourth-order valence-corrected chi connectivity index (χ4v) is 6.34.